The van der Waals surface area contributed by atoms with Crippen molar-refractivity contribution in [2.24, 2.45) is 5.73 Å². The average molecular weight is 237 g/mol. The monoisotopic (exact) mass is 237 g/mol. The predicted molar refractivity (Wildman–Crippen MR) is 65.9 cm³/mol. The van der Waals surface area contributed by atoms with Gasteiger partial charge in [0.05, 0.1) is 19.3 Å². The third kappa shape index (κ3) is 2.94. The molecule has 1 saturated heterocycles. The minimum absolute atomic E-state index is 0.00595. The molecule has 0 bridgehead atoms. The Kier molecular flexibility index (Phi) is 3.93. The van der Waals surface area contributed by atoms with Crippen LogP contribution in [0, 0.1) is 0 Å². The summed E-state index contributed by atoms with van der Waals surface area (Å²) in [5.74, 6) is 0.904. The predicted octanol–water partition coefficient (Wildman–Crippen LogP) is 0.299. The van der Waals surface area contributed by atoms with E-state index < -0.39 is 0 Å². The van der Waals surface area contributed by atoms with Gasteiger partial charge in [0.15, 0.2) is 0 Å². The number of aromatic nitrogens is 1. The molecule has 5 heteroatoms. The van der Waals surface area contributed by atoms with E-state index in [0.29, 0.717) is 13.2 Å². The molecule has 0 amide bonds. The van der Waals surface area contributed by atoms with Gasteiger partial charge in [-0.25, -0.2) is 4.98 Å². The Bertz CT molecular complexity index is 371. The van der Waals surface area contributed by atoms with E-state index in [1.54, 1.807) is 6.20 Å². The van der Waals surface area contributed by atoms with E-state index in [2.05, 4.69) is 9.88 Å². The zero-order valence-corrected chi connectivity index (χ0v) is 10.0. The van der Waals surface area contributed by atoms with Gasteiger partial charge in [0.1, 0.15) is 5.82 Å². The van der Waals surface area contributed by atoms with Gasteiger partial charge in [0, 0.05) is 25.3 Å². The first-order valence-electron chi connectivity index (χ1n) is 5.89. The number of aliphatic hydroxyl groups excluding tert-OH is 1. The lowest BCUT2D eigenvalue weighted by molar-refractivity contribution is 0.00336. The van der Waals surface area contributed by atoms with E-state index in [-0.39, 0.29) is 18.8 Å². The molecule has 2 unspecified atom stereocenters. The van der Waals surface area contributed by atoms with Crippen molar-refractivity contribution in [1.82, 2.24) is 4.98 Å². The number of ether oxygens (including phenoxy) is 1. The molecule has 17 heavy (non-hydrogen) atoms. The second kappa shape index (κ2) is 5.44. The molecular weight excluding hydrogens is 218 g/mol. The zero-order chi connectivity index (χ0) is 12.3. The number of hydrogen-bond donors (Lipinski definition) is 2. The topological polar surface area (TPSA) is 71.6 Å². The molecule has 0 radical (unpaired) electrons. The molecule has 2 rings (SSSR count). The van der Waals surface area contributed by atoms with Crippen LogP contribution in [0.25, 0.3) is 0 Å². The van der Waals surface area contributed by atoms with Crippen molar-refractivity contribution in [2.45, 2.75) is 19.1 Å². The van der Waals surface area contributed by atoms with Gasteiger partial charge in [-0.2, -0.15) is 0 Å². The normalized spacial score (nSPS) is 22.5. The number of rotatable bonds is 3. The Morgan fingerprint density at radius 1 is 1.71 bits per heavy atom. The van der Waals surface area contributed by atoms with Crippen molar-refractivity contribution in [3.63, 3.8) is 0 Å². The molecule has 3 N–H and O–H groups in total. The Balaban J connectivity index is 2.13. The van der Waals surface area contributed by atoms with Crippen molar-refractivity contribution < 1.29 is 9.84 Å². The van der Waals surface area contributed by atoms with Crippen molar-refractivity contribution in [3.8, 4) is 0 Å². The highest BCUT2D eigenvalue weighted by atomic mass is 16.5. The third-order valence-electron chi connectivity index (χ3n) is 2.96. The molecule has 1 aliphatic heterocycles. The molecule has 1 fully saturated rings. The number of nitrogens with two attached hydrogens (primary N) is 1. The van der Waals surface area contributed by atoms with E-state index in [4.69, 9.17) is 15.6 Å². The summed E-state index contributed by atoms with van der Waals surface area (Å²) in [5, 5.41) is 9.11. The van der Waals surface area contributed by atoms with Crippen LogP contribution in [-0.2, 0) is 4.74 Å². The molecule has 1 aromatic heterocycles. The molecule has 2 heterocycles. The minimum atomic E-state index is -0.121. The van der Waals surface area contributed by atoms with Crippen LogP contribution in [0.15, 0.2) is 18.3 Å². The van der Waals surface area contributed by atoms with Crippen LogP contribution >= 0.6 is 0 Å². The Labute approximate surface area is 101 Å². The summed E-state index contributed by atoms with van der Waals surface area (Å²) < 4.78 is 5.41. The van der Waals surface area contributed by atoms with Gasteiger partial charge >= 0.3 is 0 Å². The van der Waals surface area contributed by atoms with Gasteiger partial charge in [0.25, 0.3) is 0 Å². The first kappa shape index (κ1) is 12.3. The lowest BCUT2D eigenvalue weighted by Gasteiger charge is -2.33. The third-order valence-corrected chi connectivity index (χ3v) is 2.96. The quantitative estimate of drug-likeness (QED) is 0.791. The number of morpholine rings is 1. The van der Waals surface area contributed by atoms with E-state index >= 15 is 0 Å². The molecule has 0 saturated carbocycles. The molecule has 1 aromatic rings. The largest absolute Gasteiger partial charge is 0.394 e. The number of pyridine rings is 1. The van der Waals surface area contributed by atoms with Gasteiger partial charge in [-0.1, -0.05) is 0 Å². The number of anilines is 1. The summed E-state index contributed by atoms with van der Waals surface area (Å²) in [6.45, 7) is 4.09. The molecule has 5 nitrogen and oxygen atoms in total. The van der Waals surface area contributed by atoms with Crippen LogP contribution in [0.5, 0.6) is 0 Å². The van der Waals surface area contributed by atoms with E-state index in [1.165, 1.54) is 0 Å². The average Bonchev–Trinajstić information content (AvgIpc) is 2.39. The second-order valence-corrected chi connectivity index (χ2v) is 4.36. The van der Waals surface area contributed by atoms with Crippen molar-refractivity contribution in [1.29, 1.82) is 0 Å². The maximum Gasteiger partial charge on any atom is 0.128 e. The minimum Gasteiger partial charge on any atom is -0.394 e. The van der Waals surface area contributed by atoms with Crippen LogP contribution in [-0.4, -0.2) is 42.5 Å². The maximum atomic E-state index is 9.11. The lowest BCUT2D eigenvalue weighted by Crippen LogP contribution is -2.44. The fourth-order valence-electron chi connectivity index (χ4n) is 1.93. The summed E-state index contributed by atoms with van der Waals surface area (Å²) in [7, 11) is 0. The maximum absolute atomic E-state index is 9.11. The molecular formula is C12H19N3O2. The summed E-state index contributed by atoms with van der Waals surface area (Å²) in [5.41, 5.74) is 6.93. The van der Waals surface area contributed by atoms with Crippen molar-refractivity contribution in [3.05, 3.63) is 23.9 Å². The van der Waals surface area contributed by atoms with Gasteiger partial charge in [0.2, 0.25) is 0 Å². The van der Waals surface area contributed by atoms with Gasteiger partial charge in [-0.3, -0.25) is 0 Å². The van der Waals surface area contributed by atoms with E-state index in [1.807, 2.05) is 19.1 Å². The summed E-state index contributed by atoms with van der Waals surface area (Å²) >= 11 is 0. The molecule has 0 aromatic carbocycles. The highest BCUT2D eigenvalue weighted by molar-refractivity contribution is 5.42. The Hall–Kier alpha value is -1.17. The standard InChI is InChI=1S/C12H19N3O2/c1-9(13)10-2-3-14-12(6-10)15-4-5-17-11(7-15)8-16/h2-3,6,9,11,16H,4-5,7-8,13H2,1H3. The molecule has 2 atom stereocenters. The van der Waals surface area contributed by atoms with Gasteiger partial charge in [-0.05, 0) is 24.6 Å². The Morgan fingerprint density at radius 3 is 3.24 bits per heavy atom. The SMILES string of the molecule is CC(N)c1ccnc(N2CCOC(CO)C2)c1. The smallest absolute Gasteiger partial charge is 0.128 e. The van der Waals surface area contributed by atoms with Crippen LogP contribution in [0.4, 0.5) is 5.82 Å². The molecule has 1 aliphatic rings. The van der Waals surface area contributed by atoms with Crippen LogP contribution in [0.2, 0.25) is 0 Å². The first-order valence-corrected chi connectivity index (χ1v) is 5.89. The number of nitrogens with zero attached hydrogens (tertiary/aromatic N) is 2. The lowest BCUT2D eigenvalue weighted by atomic mass is 10.1. The summed E-state index contributed by atoms with van der Waals surface area (Å²) in [4.78, 5) is 6.47. The number of aliphatic hydroxyl groups is 1. The van der Waals surface area contributed by atoms with Crippen molar-refractivity contribution in [2.75, 3.05) is 31.2 Å². The highest BCUT2D eigenvalue weighted by Crippen LogP contribution is 2.18. The van der Waals surface area contributed by atoms with Crippen LogP contribution in [0.1, 0.15) is 18.5 Å². The van der Waals surface area contributed by atoms with Crippen LogP contribution < -0.4 is 10.6 Å². The second-order valence-electron chi connectivity index (χ2n) is 4.36. The molecule has 94 valence electrons. The highest BCUT2D eigenvalue weighted by Gasteiger charge is 2.20. The summed E-state index contributed by atoms with van der Waals surface area (Å²) in [6.07, 6.45) is 1.65. The van der Waals surface area contributed by atoms with E-state index in [9.17, 15) is 0 Å². The Morgan fingerprint density at radius 2 is 2.53 bits per heavy atom. The van der Waals surface area contributed by atoms with E-state index in [0.717, 1.165) is 17.9 Å². The molecule has 0 aliphatic carbocycles. The summed E-state index contributed by atoms with van der Waals surface area (Å²) in [6, 6.07) is 3.94. The van der Waals surface area contributed by atoms with Crippen LogP contribution in [0.3, 0.4) is 0 Å². The molecule has 0 spiro atoms. The van der Waals surface area contributed by atoms with Gasteiger partial charge < -0.3 is 20.5 Å². The van der Waals surface area contributed by atoms with Crippen molar-refractivity contribution >= 4 is 5.82 Å². The fourth-order valence-corrected chi connectivity index (χ4v) is 1.93. The first-order chi connectivity index (χ1) is 8.20. The number of hydrogen-bond acceptors (Lipinski definition) is 5. The zero-order valence-electron chi connectivity index (χ0n) is 10.0. The van der Waals surface area contributed by atoms with Gasteiger partial charge in [-0.15, -0.1) is 0 Å². The fraction of sp³-hybridized carbons (Fsp3) is 0.583.